The van der Waals surface area contributed by atoms with Gasteiger partial charge in [0.05, 0.1) is 17.6 Å². The highest BCUT2D eigenvalue weighted by molar-refractivity contribution is 7.89. The van der Waals surface area contributed by atoms with Crippen LogP contribution in [0.5, 0.6) is 5.75 Å². The number of nitrogens with one attached hydrogen (secondary N) is 1. The van der Waals surface area contributed by atoms with Crippen LogP contribution in [-0.2, 0) is 15.4 Å². The minimum absolute atomic E-state index is 0.245. The van der Waals surface area contributed by atoms with Crippen molar-refractivity contribution in [3.05, 3.63) is 96.1 Å². The fraction of sp³-hybridized carbons (Fsp3) is 0.269. The van der Waals surface area contributed by atoms with E-state index in [9.17, 15) is 13.2 Å². The van der Waals surface area contributed by atoms with Crippen LogP contribution in [-0.4, -0.2) is 45.4 Å². The van der Waals surface area contributed by atoms with Crippen LogP contribution >= 0.6 is 0 Å². The highest BCUT2D eigenvalue weighted by Crippen LogP contribution is 2.36. The second-order valence-electron chi connectivity index (χ2n) is 8.28. The SMILES string of the molecule is COc1ccccc1C(=O)NCC1(c2ccccc2)CCCN(S(=O)(=O)c2ccccc2)C1. The third kappa shape index (κ3) is 4.79. The van der Waals surface area contributed by atoms with E-state index in [2.05, 4.69) is 5.32 Å². The molecule has 1 saturated heterocycles. The Hall–Kier alpha value is -3.16. The molecule has 0 aliphatic carbocycles. The van der Waals surface area contributed by atoms with Crippen molar-refractivity contribution in [1.82, 2.24) is 9.62 Å². The van der Waals surface area contributed by atoms with Gasteiger partial charge in [0, 0.05) is 25.0 Å². The first-order valence-electron chi connectivity index (χ1n) is 11.0. The standard InChI is InChI=1S/C26H28N2O4S/c1-32-24-16-9-8-15-23(24)25(29)27-19-26(21-11-4-2-5-12-21)17-10-18-28(20-26)33(30,31)22-13-6-3-7-14-22/h2-9,11-16H,10,17-20H2,1H3,(H,27,29). The van der Waals surface area contributed by atoms with Gasteiger partial charge in [0.1, 0.15) is 5.75 Å². The van der Waals surface area contributed by atoms with Crippen LogP contribution < -0.4 is 10.1 Å². The molecule has 3 aromatic carbocycles. The predicted molar refractivity (Wildman–Crippen MR) is 128 cm³/mol. The molecule has 3 aromatic rings. The fourth-order valence-electron chi connectivity index (χ4n) is 4.49. The maximum Gasteiger partial charge on any atom is 0.255 e. The van der Waals surface area contributed by atoms with Crippen LogP contribution in [0.15, 0.2) is 89.8 Å². The number of para-hydroxylation sites is 1. The van der Waals surface area contributed by atoms with Gasteiger partial charge in [-0.25, -0.2) is 8.42 Å². The largest absolute Gasteiger partial charge is 0.496 e. The molecule has 1 aliphatic heterocycles. The lowest BCUT2D eigenvalue weighted by molar-refractivity contribution is 0.0929. The second-order valence-corrected chi connectivity index (χ2v) is 10.2. The average molecular weight is 465 g/mol. The van der Waals surface area contributed by atoms with E-state index >= 15 is 0 Å². The van der Waals surface area contributed by atoms with E-state index in [1.165, 1.54) is 7.11 Å². The molecule has 1 N–H and O–H groups in total. The quantitative estimate of drug-likeness (QED) is 0.576. The maximum absolute atomic E-state index is 13.4. The van der Waals surface area contributed by atoms with Gasteiger partial charge in [0.15, 0.2) is 0 Å². The molecule has 0 saturated carbocycles. The number of amides is 1. The van der Waals surface area contributed by atoms with Crippen molar-refractivity contribution in [3.8, 4) is 5.75 Å². The van der Waals surface area contributed by atoms with Crippen molar-refractivity contribution in [2.24, 2.45) is 0 Å². The Morgan fingerprint density at radius 3 is 2.30 bits per heavy atom. The molecule has 1 aliphatic rings. The van der Waals surface area contributed by atoms with E-state index in [0.717, 1.165) is 12.0 Å². The van der Waals surface area contributed by atoms with Crippen LogP contribution in [0.1, 0.15) is 28.8 Å². The lowest BCUT2D eigenvalue weighted by Crippen LogP contribution is -2.53. The monoisotopic (exact) mass is 464 g/mol. The molecule has 1 amide bonds. The first-order valence-corrected chi connectivity index (χ1v) is 12.4. The van der Waals surface area contributed by atoms with Crippen molar-refractivity contribution in [2.75, 3.05) is 26.7 Å². The van der Waals surface area contributed by atoms with Crippen molar-refractivity contribution in [2.45, 2.75) is 23.2 Å². The molecule has 172 valence electrons. The number of piperidine rings is 1. The number of rotatable bonds is 7. The van der Waals surface area contributed by atoms with E-state index < -0.39 is 15.4 Å². The van der Waals surface area contributed by atoms with Gasteiger partial charge in [-0.1, -0.05) is 60.7 Å². The molecule has 0 spiro atoms. The van der Waals surface area contributed by atoms with Crippen LogP contribution in [0, 0.1) is 0 Å². The Labute approximate surface area is 195 Å². The molecule has 0 aromatic heterocycles. The van der Waals surface area contributed by atoms with Crippen molar-refractivity contribution < 1.29 is 17.9 Å². The Morgan fingerprint density at radius 1 is 0.970 bits per heavy atom. The zero-order valence-electron chi connectivity index (χ0n) is 18.6. The summed E-state index contributed by atoms with van der Waals surface area (Å²) in [6.45, 7) is 1.06. The summed E-state index contributed by atoms with van der Waals surface area (Å²) < 4.78 is 33.6. The number of ether oxygens (including phenoxy) is 1. The van der Waals surface area contributed by atoms with E-state index in [1.54, 1.807) is 52.8 Å². The summed E-state index contributed by atoms with van der Waals surface area (Å²) in [5, 5.41) is 3.05. The number of hydrogen-bond acceptors (Lipinski definition) is 4. The number of carbonyl (C=O) groups is 1. The maximum atomic E-state index is 13.4. The molecule has 0 bridgehead atoms. The van der Waals surface area contributed by atoms with Gasteiger partial charge in [-0.05, 0) is 42.7 Å². The molecular formula is C26H28N2O4S. The molecule has 7 heteroatoms. The third-order valence-electron chi connectivity index (χ3n) is 6.25. The van der Waals surface area contributed by atoms with Gasteiger partial charge in [-0.3, -0.25) is 4.79 Å². The van der Waals surface area contributed by atoms with Crippen LogP contribution in [0.25, 0.3) is 0 Å². The molecule has 1 atom stereocenters. The zero-order valence-corrected chi connectivity index (χ0v) is 19.4. The van der Waals surface area contributed by atoms with Crippen LogP contribution in [0.4, 0.5) is 0 Å². The first kappa shape index (κ1) is 23.0. The molecule has 33 heavy (non-hydrogen) atoms. The summed E-state index contributed by atoms with van der Waals surface area (Å²) in [5.74, 6) is 0.256. The minimum Gasteiger partial charge on any atom is -0.496 e. The van der Waals surface area contributed by atoms with Gasteiger partial charge < -0.3 is 10.1 Å². The lowest BCUT2D eigenvalue weighted by atomic mass is 9.74. The van der Waals surface area contributed by atoms with Crippen molar-refractivity contribution in [1.29, 1.82) is 0 Å². The summed E-state index contributed by atoms with van der Waals surface area (Å²) in [6, 6.07) is 25.4. The van der Waals surface area contributed by atoms with Gasteiger partial charge in [-0.2, -0.15) is 4.31 Å². The van der Waals surface area contributed by atoms with Gasteiger partial charge in [0.2, 0.25) is 10.0 Å². The number of sulfonamides is 1. The van der Waals surface area contributed by atoms with E-state index in [1.807, 2.05) is 36.4 Å². The van der Waals surface area contributed by atoms with Gasteiger partial charge in [-0.15, -0.1) is 0 Å². The smallest absolute Gasteiger partial charge is 0.255 e. The fourth-order valence-corrected chi connectivity index (χ4v) is 6.07. The summed E-state index contributed by atoms with van der Waals surface area (Å²) >= 11 is 0. The van der Waals surface area contributed by atoms with E-state index in [4.69, 9.17) is 4.74 Å². The summed E-state index contributed by atoms with van der Waals surface area (Å²) in [5.41, 5.74) is 0.921. The molecular weight excluding hydrogens is 436 g/mol. The highest BCUT2D eigenvalue weighted by atomic mass is 32.2. The average Bonchev–Trinajstić information content (AvgIpc) is 2.88. The molecule has 1 fully saturated rings. The predicted octanol–water partition coefficient (Wildman–Crippen LogP) is 3.85. The number of benzene rings is 3. The number of methoxy groups -OCH3 is 1. The third-order valence-corrected chi connectivity index (χ3v) is 8.11. The summed E-state index contributed by atoms with van der Waals surface area (Å²) in [6.07, 6.45) is 1.47. The van der Waals surface area contributed by atoms with Crippen LogP contribution in [0.2, 0.25) is 0 Å². The van der Waals surface area contributed by atoms with Crippen molar-refractivity contribution >= 4 is 15.9 Å². The van der Waals surface area contributed by atoms with Crippen molar-refractivity contribution in [3.63, 3.8) is 0 Å². The zero-order chi connectivity index (χ0) is 23.3. The Balaban J connectivity index is 1.63. The summed E-state index contributed by atoms with van der Waals surface area (Å²) in [4.78, 5) is 13.3. The van der Waals surface area contributed by atoms with Gasteiger partial charge in [0.25, 0.3) is 5.91 Å². The molecule has 0 radical (unpaired) electrons. The second kappa shape index (κ2) is 9.77. The van der Waals surface area contributed by atoms with Crippen LogP contribution in [0.3, 0.4) is 0 Å². The van der Waals surface area contributed by atoms with Gasteiger partial charge >= 0.3 is 0 Å². The molecule has 6 nitrogen and oxygen atoms in total. The number of nitrogens with zero attached hydrogens (tertiary/aromatic N) is 1. The number of carbonyl (C=O) groups excluding carboxylic acids is 1. The number of hydrogen-bond donors (Lipinski definition) is 1. The highest BCUT2D eigenvalue weighted by Gasteiger charge is 2.41. The Bertz CT molecular complexity index is 1200. The topological polar surface area (TPSA) is 75.7 Å². The Morgan fingerprint density at radius 2 is 1.61 bits per heavy atom. The normalized spacial score (nSPS) is 19.1. The summed E-state index contributed by atoms with van der Waals surface area (Å²) in [7, 11) is -2.11. The molecule has 4 rings (SSSR count). The van der Waals surface area contributed by atoms with E-state index in [0.29, 0.717) is 37.4 Å². The lowest BCUT2D eigenvalue weighted by Gasteiger charge is -2.42. The van der Waals surface area contributed by atoms with E-state index in [-0.39, 0.29) is 10.8 Å². The Kier molecular flexibility index (Phi) is 6.81. The first-order chi connectivity index (χ1) is 16.0. The molecule has 1 unspecified atom stereocenters. The minimum atomic E-state index is -3.64. The molecule has 1 heterocycles.